The molecule has 32 heavy (non-hydrogen) atoms. The second-order valence-corrected chi connectivity index (χ2v) is 8.67. The number of hydrogen-bond acceptors (Lipinski definition) is 4. The Morgan fingerprint density at radius 2 is 1.50 bits per heavy atom. The lowest BCUT2D eigenvalue weighted by Gasteiger charge is -2.35. The van der Waals surface area contributed by atoms with E-state index in [1.54, 1.807) is 7.11 Å². The fraction of sp³-hybridized carbons (Fsp3) is 0.333. The van der Waals surface area contributed by atoms with Crippen molar-refractivity contribution in [3.8, 4) is 11.5 Å². The largest absolute Gasteiger partial charge is 0.497 e. The zero-order valence-corrected chi connectivity index (χ0v) is 19.4. The van der Waals surface area contributed by atoms with Gasteiger partial charge in [0, 0.05) is 56.8 Å². The minimum atomic E-state index is -0.0401. The highest BCUT2D eigenvalue weighted by Gasteiger charge is 2.20. The Bertz CT molecular complexity index is 957. The molecule has 1 aliphatic heterocycles. The highest BCUT2D eigenvalue weighted by Crippen LogP contribution is 2.28. The molecule has 3 aromatic rings. The van der Waals surface area contributed by atoms with Crippen LogP contribution in [0, 0.1) is 0 Å². The molecule has 1 fully saturated rings. The molecule has 0 saturated carbocycles. The van der Waals surface area contributed by atoms with Gasteiger partial charge in [-0.1, -0.05) is 60.1 Å². The Hall–Kier alpha value is -2.53. The molecule has 0 radical (unpaired) electrons. The highest BCUT2D eigenvalue weighted by molar-refractivity contribution is 6.30. The van der Waals surface area contributed by atoms with Crippen molar-refractivity contribution < 1.29 is 9.47 Å². The third kappa shape index (κ3) is 6.49. The van der Waals surface area contributed by atoms with Gasteiger partial charge < -0.3 is 14.4 Å². The molecular weight excluding hydrogens is 420 g/mol. The lowest BCUT2D eigenvalue weighted by Crippen LogP contribution is -2.46. The predicted octanol–water partition coefficient (Wildman–Crippen LogP) is 5.68. The second kappa shape index (κ2) is 11.4. The van der Waals surface area contributed by atoms with Gasteiger partial charge in [0.15, 0.2) is 0 Å². The summed E-state index contributed by atoms with van der Waals surface area (Å²) in [6.45, 7) is 6.38. The fourth-order valence-electron chi connectivity index (χ4n) is 4.12. The number of piperazine rings is 1. The maximum absolute atomic E-state index is 6.41. The molecule has 1 aliphatic rings. The van der Waals surface area contributed by atoms with Crippen LogP contribution in [0.25, 0.3) is 0 Å². The minimum absolute atomic E-state index is 0.0401. The van der Waals surface area contributed by atoms with Crippen LogP contribution in [0.1, 0.15) is 23.7 Å². The summed E-state index contributed by atoms with van der Waals surface area (Å²) < 4.78 is 11.8. The number of halogens is 1. The number of ether oxygens (including phenoxy) is 2. The maximum Gasteiger partial charge on any atom is 0.125 e. The summed E-state index contributed by atoms with van der Waals surface area (Å²) in [6.07, 6.45) is 0.874. The zero-order valence-electron chi connectivity index (χ0n) is 18.6. The minimum Gasteiger partial charge on any atom is -0.497 e. The molecule has 0 aliphatic carbocycles. The van der Waals surface area contributed by atoms with Gasteiger partial charge in [-0.05, 0) is 35.4 Å². The lowest BCUT2D eigenvalue weighted by molar-refractivity contribution is 0.107. The number of benzene rings is 3. The number of nitrogens with zero attached hydrogens (tertiary/aromatic N) is 2. The van der Waals surface area contributed by atoms with Gasteiger partial charge in [0.1, 0.15) is 17.6 Å². The standard InChI is InChI=1S/C27H31ClN2O2/c1-31-25-8-5-9-26(20-25)32-27(23-10-12-24(28)13-11-23)14-15-29-16-18-30(19-17-29)21-22-6-3-2-4-7-22/h2-13,20,27H,14-19,21H2,1H3. The van der Waals surface area contributed by atoms with Gasteiger partial charge in [0.25, 0.3) is 0 Å². The van der Waals surface area contributed by atoms with Crippen LogP contribution < -0.4 is 9.47 Å². The molecule has 4 rings (SSSR count). The van der Waals surface area contributed by atoms with Crippen LogP contribution in [-0.2, 0) is 6.54 Å². The van der Waals surface area contributed by atoms with Gasteiger partial charge in [-0.3, -0.25) is 4.90 Å². The quantitative estimate of drug-likeness (QED) is 0.419. The molecule has 0 spiro atoms. The van der Waals surface area contributed by atoms with Crippen molar-refractivity contribution in [1.82, 2.24) is 9.80 Å². The number of rotatable bonds is 9. The van der Waals surface area contributed by atoms with Crippen molar-refractivity contribution in [3.05, 3.63) is 95.0 Å². The second-order valence-electron chi connectivity index (χ2n) is 8.23. The molecule has 4 nitrogen and oxygen atoms in total. The van der Waals surface area contributed by atoms with Gasteiger partial charge in [0.05, 0.1) is 7.11 Å². The zero-order chi connectivity index (χ0) is 22.2. The van der Waals surface area contributed by atoms with E-state index < -0.39 is 0 Å². The molecule has 168 valence electrons. The first-order valence-corrected chi connectivity index (χ1v) is 11.6. The van der Waals surface area contributed by atoms with Crippen molar-refractivity contribution in [3.63, 3.8) is 0 Å². The number of methoxy groups -OCH3 is 1. The average Bonchev–Trinajstić information content (AvgIpc) is 2.84. The normalized spacial score (nSPS) is 15.9. The highest BCUT2D eigenvalue weighted by atomic mass is 35.5. The molecule has 0 amide bonds. The number of hydrogen-bond donors (Lipinski definition) is 0. The van der Waals surface area contributed by atoms with E-state index in [1.807, 2.05) is 36.4 Å². The van der Waals surface area contributed by atoms with Crippen LogP contribution >= 0.6 is 11.6 Å². The van der Waals surface area contributed by atoms with Crippen LogP contribution in [0.5, 0.6) is 11.5 Å². The van der Waals surface area contributed by atoms with Crippen molar-refractivity contribution in [1.29, 1.82) is 0 Å². The Labute approximate surface area is 196 Å². The molecule has 0 bridgehead atoms. The SMILES string of the molecule is COc1cccc(OC(CCN2CCN(Cc3ccccc3)CC2)c2ccc(Cl)cc2)c1. The van der Waals surface area contributed by atoms with Crippen LogP contribution in [0.4, 0.5) is 0 Å². The smallest absolute Gasteiger partial charge is 0.125 e. The van der Waals surface area contributed by atoms with Gasteiger partial charge in [-0.2, -0.15) is 0 Å². The Morgan fingerprint density at radius 1 is 0.812 bits per heavy atom. The summed E-state index contributed by atoms with van der Waals surface area (Å²) in [5, 5.41) is 0.739. The van der Waals surface area contributed by atoms with E-state index in [0.717, 1.165) is 67.8 Å². The van der Waals surface area contributed by atoms with Crippen LogP contribution in [0.15, 0.2) is 78.9 Å². The molecule has 1 saturated heterocycles. The van der Waals surface area contributed by atoms with Crippen molar-refractivity contribution in [2.45, 2.75) is 19.1 Å². The van der Waals surface area contributed by atoms with Crippen LogP contribution in [0.3, 0.4) is 0 Å². The Morgan fingerprint density at radius 3 is 2.22 bits per heavy atom. The van der Waals surface area contributed by atoms with Crippen molar-refractivity contribution >= 4 is 11.6 Å². The molecule has 1 unspecified atom stereocenters. The van der Waals surface area contributed by atoms with E-state index in [2.05, 4.69) is 52.3 Å². The molecule has 0 N–H and O–H groups in total. The topological polar surface area (TPSA) is 24.9 Å². The van der Waals surface area contributed by atoms with E-state index in [1.165, 1.54) is 5.56 Å². The molecule has 1 atom stereocenters. The van der Waals surface area contributed by atoms with Crippen molar-refractivity contribution in [2.24, 2.45) is 0 Å². The van der Waals surface area contributed by atoms with Crippen LogP contribution in [-0.4, -0.2) is 49.6 Å². The molecule has 0 aromatic heterocycles. The summed E-state index contributed by atoms with van der Waals surface area (Å²) in [7, 11) is 1.67. The summed E-state index contributed by atoms with van der Waals surface area (Å²) in [4.78, 5) is 5.08. The monoisotopic (exact) mass is 450 g/mol. The Balaban J connectivity index is 1.34. The first kappa shape index (κ1) is 22.7. The van der Waals surface area contributed by atoms with E-state index in [0.29, 0.717) is 0 Å². The van der Waals surface area contributed by atoms with Gasteiger partial charge in [-0.15, -0.1) is 0 Å². The van der Waals surface area contributed by atoms with Gasteiger partial charge in [0.2, 0.25) is 0 Å². The maximum atomic E-state index is 6.41. The van der Waals surface area contributed by atoms with E-state index in [4.69, 9.17) is 21.1 Å². The third-order valence-corrected chi connectivity index (χ3v) is 6.23. The summed E-state index contributed by atoms with van der Waals surface area (Å²) in [6, 6.07) is 26.5. The van der Waals surface area contributed by atoms with Crippen molar-refractivity contribution in [2.75, 3.05) is 39.8 Å². The van der Waals surface area contributed by atoms with E-state index >= 15 is 0 Å². The summed E-state index contributed by atoms with van der Waals surface area (Å²) in [5.74, 6) is 1.61. The molecule has 3 aromatic carbocycles. The average molecular weight is 451 g/mol. The van der Waals surface area contributed by atoms with E-state index in [9.17, 15) is 0 Å². The Kier molecular flexibility index (Phi) is 8.05. The first-order chi connectivity index (χ1) is 15.7. The predicted molar refractivity (Wildman–Crippen MR) is 131 cm³/mol. The van der Waals surface area contributed by atoms with Gasteiger partial charge in [-0.25, -0.2) is 0 Å². The molecular formula is C27H31ClN2O2. The summed E-state index contributed by atoms with van der Waals surface area (Å²) in [5.41, 5.74) is 2.52. The van der Waals surface area contributed by atoms with E-state index in [-0.39, 0.29) is 6.10 Å². The summed E-state index contributed by atoms with van der Waals surface area (Å²) >= 11 is 6.12. The fourth-order valence-corrected chi connectivity index (χ4v) is 4.25. The lowest BCUT2D eigenvalue weighted by atomic mass is 10.1. The van der Waals surface area contributed by atoms with Gasteiger partial charge >= 0.3 is 0 Å². The molecule has 1 heterocycles. The molecule has 5 heteroatoms. The van der Waals surface area contributed by atoms with Crippen LogP contribution in [0.2, 0.25) is 5.02 Å². The first-order valence-electron chi connectivity index (χ1n) is 11.2. The third-order valence-electron chi connectivity index (χ3n) is 5.98.